The molecular formula is C20H21BrN2O3S. The van der Waals surface area contributed by atoms with Gasteiger partial charge in [-0.15, -0.1) is 11.3 Å². The molecule has 7 heteroatoms. The van der Waals surface area contributed by atoms with E-state index in [-0.39, 0.29) is 11.9 Å². The Bertz CT molecular complexity index is 932. The number of hydrogen-bond acceptors (Lipinski definition) is 5. The molecule has 142 valence electrons. The minimum absolute atomic E-state index is 0.150. The summed E-state index contributed by atoms with van der Waals surface area (Å²) in [6.45, 7) is 5.67. The van der Waals surface area contributed by atoms with Crippen molar-refractivity contribution in [2.75, 3.05) is 32.8 Å². The van der Waals surface area contributed by atoms with Crippen LogP contribution in [0.15, 0.2) is 44.6 Å². The lowest BCUT2D eigenvalue weighted by atomic mass is 10.1. The number of halogens is 1. The number of ether oxygens (including phenoxy) is 1. The number of morpholine rings is 1. The molecule has 0 bridgehead atoms. The minimum Gasteiger partial charge on any atom is -0.451 e. The van der Waals surface area contributed by atoms with Crippen molar-refractivity contribution < 1.29 is 13.9 Å². The SMILES string of the molecule is Cc1c(C(=O)NCC(c2cccs2)N2CCOCC2)oc2cc(Br)ccc12. The van der Waals surface area contributed by atoms with Gasteiger partial charge in [-0.1, -0.05) is 22.0 Å². The highest BCUT2D eigenvalue weighted by atomic mass is 79.9. The van der Waals surface area contributed by atoms with E-state index in [4.69, 9.17) is 9.15 Å². The molecule has 0 spiro atoms. The number of carbonyl (C=O) groups is 1. The molecule has 0 radical (unpaired) electrons. The number of thiophene rings is 1. The van der Waals surface area contributed by atoms with Gasteiger partial charge in [-0.25, -0.2) is 0 Å². The Hall–Kier alpha value is -1.67. The maximum Gasteiger partial charge on any atom is 0.287 e. The first kappa shape index (κ1) is 18.7. The third-order valence-electron chi connectivity index (χ3n) is 4.92. The highest BCUT2D eigenvalue weighted by molar-refractivity contribution is 9.10. The van der Waals surface area contributed by atoms with Crippen molar-refractivity contribution >= 4 is 44.1 Å². The first-order valence-electron chi connectivity index (χ1n) is 8.95. The van der Waals surface area contributed by atoms with Gasteiger partial charge < -0.3 is 14.5 Å². The van der Waals surface area contributed by atoms with E-state index in [0.29, 0.717) is 12.3 Å². The van der Waals surface area contributed by atoms with Gasteiger partial charge in [-0.2, -0.15) is 0 Å². The number of carbonyl (C=O) groups excluding carboxylic acids is 1. The Labute approximate surface area is 170 Å². The monoisotopic (exact) mass is 448 g/mol. The van der Waals surface area contributed by atoms with Crippen LogP contribution in [0.3, 0.4) is 0 Å². The van der Waals surface area contributed by atoms with Crippen molar-refractivity contribution in [3.05, 3.63) is 56.4 Å². The van der Waals surface area contributed by atoms with Gasteiger partial charge in [0.25, 0.3) is 5.91 Å². The first-order chi connectivity index (χ1) is 13.1. The Morgan fingerprint density at radius 1 is 1.33 bits per heavy atom. The topological polar surface area (TPSA) is 54.7 Å². The van der Waals surface area contributed by atoms with Crippen LogP contribution in [0.1, 0.15) is 27.0 Å². The summed E-state index contributed by atoms with van der Waals surface area (Å²) in [4.78, 5) is 16.4. The average molecular weight is 449 g/mol. The summed E-state index contributed by atoms with van der Waals surface area (Å²) in [5.41, 5.74) is 1.59. The molecule has 3 aromatic rings. The number of nitrogens with zero attached hydrogens (tertiary/aromatic N) is 1. The van der Waals surface area contributed by atoms with E-state index in [1.807, 2.05) is 25.1 Å². The highest BCUT2D eigenvalue weighted by Gasteiger charge is 2.25. The third kappa shape index (κ3) is 3.96. The molecule has 0 aliphatic carbocycles. The lowest BCUT2D eigenvalue weighted by Crippen LogP contribution is -2.43. The average Bonchev–Trinajstić information content (AvgIpc) is 3.31. The fourth-order valence-corrected chi connectivity index (χ4v) is 4.67. The summed E-state index contributed by atoms with van der Waals surface area (Å²) in [6, 6.07) is 10.1. The highest BCUT2D eigenvalue weighted by Crippen LogP contribution is 2.29. The summed E-state index contributed by atoms with van der Waals surface area (Å²) in [7, 11) is 0. The lowest BCUT2D eigenvalue weighted by Gasteiger charge is -2.34. The van der Waals surface area contributed by atoms with Crippen LogP contribution in [0, 0.1) is 6.92 Å². The summed E-state index contributed by atoms with van der Waals surface area (Å²) in [5.74, 6) is 0.213. The van der Waals surface area contributed by atoms with Crippen LogP contribution in [-0.4, -0.2) is 43.7 Å². The summed E-state index contributed by atoms with van der Waals surface area (Å²) < 4.78 is 12.2. The van der Waals surface area contributed by atoms with Crippen molar-refractivity contribution in [3.63, 3.8) is 0 Å². The van der Waals surface area contributed by atoms with Crippen LogP contribution < -0.4 is 5.32 Å². The molecule has 1 aliphatic heterocycles. The van der Waals surface area contributed by atoms with E-state index in [9.17, 15) is 4.79 Å². The number of rotatable bonds is 5. The van der Waals surface area contributed by atoms with Crippen molar-refractivity contribution in [1.82, 2.24) is 10.2 Å². The van der Waals surface area contributed by atoms with Gasteiger partial charge in [0, 0.05) is 39.9 Å². The zero-order valence-corrected chi connectivity index (χ0v) is 17.4. The second-order valence-corrected chi connectivity index (χ2v) is 8.48. The van der Waals surface area contributed by atoms with Gasteiger partial charge in [0.05, 0.1) is 19.3 Å². The number of amides is 1. The van der Waals surface area contributed by atoms with Gasteiger partial charge >= 0.3 is 0 Å². The predicted molar refractivity (Wildman–Crippen MR) is 110 cm³/mol. The Morgan fingerprint density at radius 2 is 2.15 bits per heavy atom. The smallest absolute Gasteiger partial charge is 0.287 e. The Balaban J connectivity index is 1.52. The number of fused-ring (bicyclic) bond motifs is 1. The molecule has 1 N–H and O–H groups in total. The number of furan rings is 1. The lowest BCUT2D eigenvalue weighted by molar-refractivity contribution is 0.0168. The van der Waals surface area contributed by atoms with Gasteiger partial charge in [0.1, 0.15) is 5.58 Å². The normalized spacial score (nSPS) is 16.5. The molecule has 1 aliphatic rings. The van der Waals surface area contributed by atoms with Crippen LogP contribution in [0.5, 0.6) is 0 Å². The third-order valence-corrected chi connectivity index (χ3v) is 6.39. The molecule has 1 aromatic carbocycles. The quantitative estimate of drug-likeness (QED) is 0.629. The molecule has 1 atom stereocenters. The second-order valence-electron chi connectivity index (χ2n) is 6.59. The molecule has 27 heavy (non-hydrogen) atoms. The van der Waals surface area contributed by atoms with Crippen LogP contribution in [0.25, 0.3) is 11.0 Å². The largest absolute Gasteiger partial charge is 0.451 e. The van der Waals surface area contributed by atoms with E-state index < -0.39 is 0 Å². The second kappa shape index (κ2) is 8.14. The predicted octanol–water partition coefficient (Wildman–Crippen LogP) is 4.37. The molecule has 4 rings (SSSR count). The van der Waals surface area contributed by atoms with E-state index in [0.717, 1.165) is 47.3 Å². The summed E-state index contributed by atoms with van der Waals surface area (Å²) in [5, 5.41) is 6.12. The number of hydrogen-bond donors (Lipinski definition) is 1. The molecule has 1 amide bonds. The molecule has 3 heterocycles. The molecular weight excluding hydrogens is 428 g/mol. The fraction of sp³-hybridized carbons (Fsp3) is 0.350. The van der Waals surface area contributed by atoms with E-state index in [2.05, 4.69) is 43.7 Å². The van der Waals surface area contributed by atoms with E-state index in [1.54, 1.807) is 11.3 Å². The molecule has 1 fully saturated rings. The van der Waals surface area contributed by atoms with Crippen molar-refractivity contribution in [2.45, 2.75) is 13.0 Å². The number of aryl methyl sites for hydroxylation is 1. The molecule has 5 nitrogen and oxygen atoms in total. The molecule has 1 unspecified atom stereocenters. The van der Waals surface area contributed by atoms with Crippen molar-refractivity contribution in [2.24, 2.45) is 0 Å². The number of nitrogens with one attached hydrogen (secondary N) is 1. The molecule has 0 saturated carbocycles. The van der Waals surface area contributed by atoms with Crippen LogP contribution in [-0.2, 0) is 4.74 Å². The summed E-state index contributed by atoms with van der Waals surface area (Å²) in [6.07, 6.45) is 0. The molecule has 2 aromatic heterocycles. The van der Waals surface area contributed by atoms with Crippen molar-refractivity contribution in [3.8, 4) is 0 Å². The zero-order valence-electron chi connectivity index (χ0n) is 15.0. The van der Waals surface area contributed by atoms with Crippen LogP contribution in [0.4, 0.5) is 0 Å². The fourth-order valence-electron chi connectivity index (χ4n) is 3.47. The first-order valence-corrected chi connectivity index (χ1v) is 10.6. The van der Waals surface area contributed by atoms with Gasteiger partial charge in [-0.05, 0) is 36.6 Å². The number of benzene rings is 1. The molecule has 1 saturated heterocycles. The zero-order chi connectivity index (χ0) is 18.8. The standard InChI is InChI=1S/C20H21BrN2O3S/c1-13-15-5-4-14(21)11-17(15)26-19(13)20(24)22-12-16(18-3-2-10-27-18)23-6-8-25-9-7-23/h2-5,10-11,16H,6-9,12H2,1H3,(H,22,24). The summed E-state index contributed by atoms with van der Waals surface area (Å²) >= 11 is 5.16. The van der Waals surface area contributed by atoms with E-state index in [1.165, 1.54) is 4.88 Å². The maximum atomic E-state index is 12.8. The van der Waals surface area contributed by atoms with Gasteiger partial charge in [0.2, 0.25) is 0 Å². The van der Waals surface area contributed by atoms with E-state index >= 15 is 0 Å². The van der Waals surface area contributed by atoms with Crippen molar-refractivity contribution in [1.29, 1.82) is 0 Å². The van der Waals surface area contributed by atoms with Gasteiger partial charge in [0.15, 0.2) is 5.76 Å². The maximum absolute atomic E-state index is 12.8. The Morgan fingerprint density at radius 3 is 2.89 bits per heavy atom. The van der Waals surface area contributed by atoms with Crippen LogP contribution in [0.2, 0.25) is 0 Å². The van der Waals surface area contributed by atoms with Gasteiger partial charge in [-0.3, -0.25) is 9.69 Å². The minimum atomic E-state index is -0.172. The van der Waals surface area contributed by atoms with Crippen LogP contribution >= 0.6 is 27.3 Å². The Kier molecular flexibility index (Phi) is 5.63.